The van der Waals surface area contributed by atoms with Crippen molar-refractivity contribution in [1.29, 1.82) is 0 Å². The number of benzene rings is 11. The first-order valence-corrected chi connectivity index (χ1v) is 31.1. The smallest absolute Gasteiger partial charge is 0.309 e. The first-order valence-electron chi connectivity index (χ1n) is 31.1. The van der Waals surface area contributed by atoms with E-state index in [4.69, 9.17) is 9.97 Å². The summed E-state index contributed by atoms with van der Waals surface area (Å²) in [6.45, 7) is 0. The largest absolute Gasteiger partial charge is 0.417 e. The van der Waals surface area contributed by atoms with Gasteiger partial charge in [0, 0.05) is 38.2 Å². The summed E-state index contributed by atoms with van der Waals surface area (Å²) in [5, 5.41) is -0.162. The fourth-order valence-electron chi connectivity index (χ4n) is 13.3. The molecule has 0 radical (unpaired) electrons. The molecule has 28 heteroatoms. The van der Waals surface area contributed by atoms with Gasteiger partial charge in [-0.1, -0.05) is 109 Å². The van der Waals surface area contributed by atoms with E-state index >= 15 is 0 Å². The van der Waals surface area contributed by atoms with E-state index in [1.165, 1.54) is 51.6 Å². The molecule has 0 aliphatic heterocycles. The monoisotopic (exact) mass is 1490 g/mol. The van der Waals surface area contributed by atoms with Gasteiger partial charge in [0.15, 0.2) is 5.82 Å². The molecule has 0 bridgehead atoms. The zero-order valence-corrected chi connectivity index (χ0v) is 52.8. The summed E-state index contributed by atoms with van der Waals surface area (Å²) in [7, 11) is 0. The molecule has 0 aliphatic rings. The molecule has 0 N–H and O–H groups in total. The number of alkyl halides is 24. The van der Waals surface area contributed by atoms with Crippen LogP contribution in [0.15, 0.2) is 231 Å². The lowest BCUT2D eigenvalue weighted by Crippen LogP contribution is -2.12. The van der Waals surface area contributed by atoms with Gasteiger partial charge in [-0.3, -0.25) is 0 Å². The average molecular weight is 1490 g/mol. The lowest BCUT2D eigenvalue weighted by atomic mass is 9.94. The third-order valence-corrected chi connectivity index (χ3v) is 18.0. The Balaban J connectivity index is 1.00. The van der Waals surface area contributed by atoms with Crippen LogP contribution in [0.25, 0.3) is 133 Å². The Bertz CT molecular complexity index is 5240. The van der Waals surface area contributed by atoms with Crippen molar-refractivity contribution in [2.75, 3.05) is 0 Å². The zero-order valence-electron chi connectivity index (χ0n) is 52.8. The normalized spacial score (nSPS) is 13.1. The highest BCUT2D eigenvalue weighted by Gasteiger charge is 2.43. The number of para-hydroxylation sites is 2. The van der Waals surface area contributed by atoms with Crippen molar-refractivity contribution < 1.29 is 105 Å². The van der Waals surface area contributed by atoms with Crippen LogP contribution in [-0.2, 0) is 49.4 Å². The topological polar surface area (TPSA) is 35.6 Å². The average Bonchev–Trinajstić information content (AvgIpc) is 1.58. The summed E-state index contributed by atoms with van der Waals surface area (Å²) in [5.74, 6) is -0.116. The summed E-state index contributed by atoms with van der Waals surface area (Å²) in [6.07, 6.45) is -42.6. The summed E-state index contributed by atoms with van der Waals surface area (Å²) in [4.78, 5) is 10.1. The van der Waals surface area contributed by atoms with Gasteiger partial charge in [-0.25, -0.2) is 9.97 Å². The molecule has 0 spiro atoms. The number of hydrogen-bond donors (Lipinski definition) is 0. The predicted molar refractivity (Wildman–Crippen MR) is 349 cm³/mol. The van der Waals surface area contributed by atoms with E-state index in [0.717, 1.165) is 48.5 Å². The fraction of sp³-hybridized carbons (Fsp3) is 0.103. The summed E-state index contributed by atoms with van der Waals surface area (Å²) < 4.78 is 350. The molecule has 3 aromatic heterocycles. The van der Waals surface area contributed by atoms with E-state index in [9.17, 15) is 105 Å². The number of rotatable bonds is 9. The molecular formula is C78H38F24N4. The van der Waals surface area contributed by atoms with Gasteiger partial charge in [0.1, 0.15) is 0 Å². The van der Waals surface area contributed by atoms with Crippen LogP contribution < -0.4 is 0 Å². The maximum Gasteiger partial charge on any atom is 0.417 e. The molecule has 0 saturated carbocycles. The quantitative estimate of drug-likeness (QED) is 0.135. The van der Waals surface area contributed by atoms with Gasteiger partial charge in [0.05, 0.1) is 89.3 Å². The molecule has 0 atom stereocenters. The lowest BCUT2D eigenvalue weighted by Gasteiger charge is -2.18. The van der Waals surface area contributed by atoms with Crippen molar-refractivity contribution >= 4 is 43.6 Å². The Morgan fingerprint density at radius 1 is 0.208 bits per heavy atom. The van der Waals surface area contributed by atoms with E-state index in [1.54, 1.807) is 66.7 Å². The van der Waals surface area contributed by atoms with Crippen LogP contribution in [0, 0.1) is 0 Å². The van der Waals surface area contributed by atoms with E-state index in [0.29, 0.717) is 54.1 Å². The second-order valence-corrected chi connectivity index (χ2v) is 24.5. The number of fused-ring (bicyclic) bond motifs is 6. The molecule has 0 unspecified atom stereocenters. The third-order valence-electron chi connectivity index (χ3n) is 18.0. The van der Waals surface area contributed by atoms with Gasteiger partial charge < -0.3 is 9.13 Å². The van der Waals surface area contributed by atoms with Gasteiger partial charge in [-0.15, -0.1) is 0 Å². The van der Waals surface area contributed by atoms with Crippen molar-refractivity contribution in [2.45, 2.75) is 49.4 Å². The van der Waals surface area contributed by atoms with Gasteiger partial charge in [0.25, 0.3) is 0 Å². The van der Waals surface area contributed by atoms with Crippen LogP contribution in [0.1, 0.15) is 44.5 Å². The minimum atomic E-state index is -5.41. The minimum absolute atomic E-state index is 0.0364. The second kappa shape index (κ2) is 25.1. The highest BCUT2D eigenvalue weighted by atomic mass is 19.4. The molecule has 11 aromatic carbocycles. The van der Waals surface area contributed by atoms with E-state index in [1.807, 2.05) is 0 Å². The number of aromatic nitrogens is 4. The number of halogens is 24. The van der Waals surface area contributed by atoms with Crippen molar-refractivity contribution in [3.05, 3.63) is 275 Å². The molecule has 538 valence electrons. The molecule has 106 heavy (non-hydrogen) atoms. The molecule has 0 saturated heterocycles. The first-order chi connectivity index (χ1) is 49.6. The zero-order chi connectivity index (χ0) is 75.9. The van der Waals surface area contributed by atoms with E-state index in [2.05, 4.69) is 0 Å². The number of hydrogen-bond acceptors (Lipinski definition) is 2. The van der Waals surface area contributed by atoms with Crippen LogP contribution in [0.4, 0.5) is 105 Å². The minimum Gasteiger partial charge on any atom is -0.309 e. The Morgan fingerprint density at radius 2 is 0.481 bits per heavy atom. The van der Waals surface area contributed by atoms with Crippen LogP contribution in [0.5, 0.6) is 0 Å². The van der Waals surface area contributed by atoms with Gasteiger partial charge in [0.2, 0.25) is 0 Å². The van der Waals surface area contributed by atoms with Gasteiger partial charge >= 0.3 is 49.4 Å². The van der Waals surface area contributed by atoms with Crippen LogP contribution >= 0.6 is 0 Å². The molecular weight excluding hydrogens is 1450 g/mol. The molecule has 3 heterocycles. The lowest BCUT2D eigenvalue weighted by molar-refractivity contribution is -0.144. The Labute approximate surface area is 580 Å². The molecule has 4 nitrogen and oxygen atoms in total. The molecule has 0 amide bonds. The summed E-state index contributed by atoms with van der Waals surface area (Å²) >= 11 is 0. The van der Waals surface area contributed by atoms with Crippen molar-refractivity contribution in [3.63, 3.8) is 0 Å². The van der Waals surface area contributed by atoms with Gasteiger partial charge in [-0.05, 0) is 166 Å². The van der Waals surface area contributed by atoms with E-state index in [-0.39, 0.29) is 130 Å². The molecule has 0 fully saturated rings. The van der Waals surface area contributed by atoms with Crippen molar-refractivity contribution in [3.8, 4) is 89.8 Å². The standard InChI is InChI=1S/C78H38F24N4/c79-71(80,81)44-18-22-48(58(34-44)75(91,92)93)40-14-26-66-54(30-40)55-31-41(49-23-19-45(72(82,83)84)35-59(49)76(94,95)96)15-27-67(55)105(66)64-12-6-4-10-52(64)63-38-62(39-8-2-1-3-9-39)103-70(104-63)53-11-5-7-13-65(53)106-68-28-16-42(50-24-20-46(73(85,86)87)36-60(50)77(97,98)99)32-56(68)57-33-43(17-29-69(57)106)51-25-21-47(74(88,89)90)37-61(51)78(100,101)102/h1-38H. The van der Waals surface area contributed by atoms with E-state index < -0.39 is 116 Å². The highest BCUT2D eigenvalue weighted by Crippen LogP contribution is 2.50. The van der Waals surface area contributed by atoms with Crippen molar-refractivity contribution in [1.82, 2.24) is 19.1 Å². The first kappa shape index (κ1) is 71.4. The maximum atomic E-state index is 14.9. The molecule has 14 aromatic rings. The third kappa shape index (κ3) is 13.1. The Hall–Kier alpha value is -11.6. The predicted octanol–water partition coefficient (Wildman–Crippen LogP) is 26.5. The second-order valence-electron chi connectivity index (χ2n) is 24.5. The van der Waals surface area contributed by atoms with Crippen LogP contribution in [-0.4, -0.2) is 19.1 Å². The SMILES string of the molecule is FC(F)(F)c1ccc(-c2ccc3c(c2)c2cc(-c4ccc(C(F)(F)F)cc4C(F)(F)F)ccc2n3-c2ccccc2-c2cc(-c3ccccc3)nc(-c3ccccc3-n3c4ccc(-c5ccc(C(F)(F)F)cc5C(F)(F)F)cc4c4cc(-c5ccc(C(F)(F)F)cc5C(F)(F)F)ccc43)n2)c(C(F)(F)F)c1. The Morgan fingerprint density at radius 3 is 0.783 bits per heavy atom. The summed E-state index contributed by atoms with van der Waals surface area (Å²) in [5.41, 5.74) is -16.1. The van der Waals surface area contributed by atoms with Crippen molar-refractivity contribution in [2.24, 2.45) is 0 Å². The fourth-order valence-corrected chi connectivity index (χ4v) is 13.3. The van der Waals surface area contributed by atoms with Gasteiger partial charge in [-0.2, -0.15) is 105 Å². The maximum absolute atomic E-state index is 14.9. The molecule has 14 rings (SSSR count). The number of nitrogens with zero attached hydrogens (tertiary/aromatic N) is 4. The Kier molecular flexibility index (Phi) is 16.9. The molecule has 0 aliphatic carbocycles. The van der Waals surface area contributed by atoms with Crippen LogP contribution in [0.2, 0.25) is 0 Å². The highest BCUT2D eigenvalue weighted by molar-refractivity contribution is 6.14. The van der Waals surface area contributed by atoms with Crippen LogP contribution in [0.3, 0.4) is 0 Å². The summed E-state index contributed by atoms with van der Waals surface area (Å²) in [6, 6.07) is 40.4.